The fourth-order valence-electron chi connectivity index (χ4n) is 2.32. The minimum absolute atomic E-state index is 0.0512. The topological polar surface area (TPSA) is 79.7 Å². The van der Waals surface area contributed by atoms with Crippen LogP contribution in [-0.4, -0.2) is 41.5 Å². The zero-order valence-electron chi connectivity index (χ0n) is 15.1. The third-order valence-electron chi connectivity index (χ3n) is 3.73. The zero-order chi connectivity index (χ0) is 20.0. The van der Waals surface area contributed by atoms with Crippen molar-refractivity contribution >= 4 is 44.8 Å². The fraction of sp³-hybridized carbons (Fsp3) is 0.278. The van der Waals surface area contributed by atoms with E-state index in [1.807, 2.05) is 14.1 Å². The summed E-state index contributed by atoms with van der Waals surface area (Å²) in [5.74, 6) is -0.405. The summed E-state index contributed by atoms with van der Waals surface area (Å²) >= 11 is 11.9. The van der Waals surface area contributed by atoms with Crippen molar-refractivity contribution in [3.8, 4) is 0 Å². The molecule has 2 aromatic rings. The molecular weight excluding hydrogens is 409 g/mol. The summed E-state index contributed by atoms with van der Waals surface area (Å²) in [4.78, 5) is 13.6. The summed E-state index contributed by atoms with van der Waals surface area (Å²) in [6.45, 7) is 1.40. The lowest BCUT2D eigenvalue weighted by molar-refractivity contribution is -0.858. The quantitative estimate of drug-likeness (QED) is 0.560. The first-order chi connectivity index (χ1) is 12.7. The van der Waals surface area contributed by atoms with E-state index >= 15 is 0 Å². The fourth-order valence-corrected chi connectivity index (χ4v) is 3.73. The van der Waals surface area contributed by atoms with E-state index in [-0.39, 0.29) is 15.5 Å². The van der Waals surface area contributed by atoms with E-state index in [0.29, 0.717) is 17.3 Å². The average Bonchev–Trinajstić information content (AvgIpc) is 2.60. The van der Waals surface area contributed by atoms with Crippen molar-refractivity contribution in [2.24, 2.45) is 0 Å². The minimum Gasteiger partial charge on any atom is -0.352 e. The highest BCUT2D eigenvalue weighted by atomic mass is 35.5. The summed E-state index contributed by atoms with van der Waals surface area (Å²) in [6.07, 6.45) is 0.807. The Morgan fingerprint density at radius 3 is 2.37 bits per heavy atom. The van der Waals surface area contributed by atoms with E-state index < -0.39 is 15.9 Å². The predicted octanol–water partition coefficient (Wildman–Crippen LogP) is 2.06. The van der Waals surface area contributed by atoms with E-state index in [1.54, 1.807) is 24.3 Å². The number of benzene rings is 2. The van der Waals surface area contributed by atoms with Crippen LogP contribution in [0, 0.1) is 0 Å². The van der Waals surface area contributed by atoms with Crippen LogP contribution in [0.25, 0.3) is 0 Å². The van der Waals surface area contributed by atoms with E-state index in [2.05, 4.69) is 10.0 Å². The predicted molar refractivity (Wildman–Crippen MR) is 108 cm³/mol. The number of sulfonamides is 1. The molecule has 0 fully saturated rings. The SMILES string of the molecule is C[NH+](C)CCCNC(=O)c1cc(S(=O)(=O)Nc2ccc(Cl)cc2)ccc1Cl. The second kappa shape index (κ2) is 9.41. The number of carbonyl (C=O) groups is 1. The number of nitrogens with one attached hydrogen (secondary N) is 3. The van der Waals surface area contributed by atoms with Gasteiger partial charge in [0.1, 0.15) is 0 Å². The molecule has 0 bridgehead atoms. The monoisotopic (exact) mass is 430 g/mol. The van der Waals surface area contributed by atoms with Crippen LogP contribution in [0.2, 0.25) is 10.0 Å². The Kier molecular flexibility index (Phi) is 7.49. The molecule has 0 aliphatic rings. The van der Waals surface area contributed by atoms with E-state index in [9.17, 15) is 13.2 Å². The van der Waals surface area contributed by atoms with Crippen molar-refractivity contribution in [1.29, 1.82) is 0 Å². The van der Waals surface area contributed by atoms with Crippen LogP contribution in [-0.2, 0) is 10.0 Å². The summed E-state index contributed by atoms with van der Waals surface area (Å²) in [5, 5.41) is 3.45. The molecule has 0 radical (unpaired) electrons. The number of anilines is 1. The molecule has 0 saturated carbocycles. The van der Waals surface area contributed by atoms with E-state index in [4.69, 9.17) is 23.2 Å². The highest BCUT2D eigenvalue weighted by Crippen LogP contribution is 2.23. The summed E-state index contributed by atoms with van der Waals surface area (Å²) in [5.41, 5.74) is 0.486. The average molecular weight is 431 g/mol. The van der Waals surface area contributed by atoms with Crippen molar-refractivity contribution in [1.82, 2.24) is 5.32 Å². The first-order valence-electron chi connectivity index (χ1n) is 8.34. The lowest BCUT2D eigenvalue weighted by Crippen LogP contribution is -3.05. The molecule has 3 N–H and O–H groups in total. The third-order valence-corrected chi connectivity index (χ3v) is 5.69. The van der Waals surface area contributed by atoms with Crippen molar-refractivity contribution in [3.05, 3.63) is 58.1 Å². The molecule has 2 rings (SSSR count). The van der Waals surface area contributed by atoms with Gasteiger partial charge in [0.15, 0.2) is 0 Å². The molecule has 0 atom stereocenters. The van der Waals surface area contributed by atoms with Crippen LogP contribution in [0.15, 0.2) is 47.4 Å². The largest absolute Gasteiger partial charge is 0.352 e. The van der Waals surface area contributed by atoms with Gasteiger partial charge in [0, 0.05) is 23.7 Å². The Morgan fingerprint density at radius 2 is 1.74 bits per heavy atom. The van der Waals surface area contributed by atoms with Crippen LogP contribution in [0.3, 0.4) is 0 Å². The van der Waals surface area contributed by atoms with Gasteiger partial charge in [-0.3, -0.25) is 9.52 Å². The Labute approximate surface area is 169 Å². The molecule has 0 aliphatic carbocycles. The first kappa shape index (κ1) is 21.5. The molecule has 0 unspecified atom stereocenters. The summed E-state index contributed by atoms with van der Waals surface area (Å²) in [6, 6.07) is 10.3. The Bertz CT molecular complexity index is 901. The van der Waals surface area contributed by atoms with Crippen LogP contribution in [0.4, 0.5) is 5.69 Å². The van der Waals surface area contributed by atoms with Crippen LogP contribution >= 0.6 is 23.2 Å². The van der Waals surface area contributed by atoms with E-state index in [0.717, 1.165) is 13.0 Å². The van der Waals surface area contributed by atoms with Gasteiger partial charge in [-0.2, -0.15) is 0 Å². The van der Waals surface area contributed by atoms with Gasteiger partial charge in [-0.1, -0.05) is 23.2 Å². The molecule has 0 heterocycles. The van der Waals surface area contributed by atoms with Crippen LogP contribution in [0.5, 0.6) is 0 Å². The number of halogens is 2. The van der Waals surface area contributed by atoms with Crippen molar-refractivity contribution in [2.75, 3.05) is 31.9 Å². The Balaban J connectivity index is 2.15. The van der Waals surface area contributed by atoms with Gasteiger partial charge in [-0.25, -0.2) is 8.42 Å². The lowest BCUT2D eigenvalue weighted by atomic mass is 10.2. The molecule has 0 saturated heterocycles. The molecule has 0 aliphatic heterocycles. The van der Waals surface area contributed by atoms with E-state index in [1.165, 1.54) is 23.1 Å². The Morgan fingerprint density at radius 1 is 1.07 bits per heavy atom. The normalized spacial score (nSPS) is 11.4. The summed E-state index contributed by atoms with van der Waals surface area (Å²) in [7, 11) is 0.187. The van der Waals surface area contributed by atoms with Gasteiger partial charge < -0.3 is 10.2 Å². The maximum atomic E-state index is 12.6. The van der Waals surface area contributed by atoms with Crippen molar-refractivity contribution in [3.63, 3.8) is 0 Å². The lowest BCUT2D eigenvalue weighted by Gasteiger charge is -2.12. The van der Waals surface area contributed by atoms with Gasteiger partial charge in [0.05, 0.1) is 36.1 Å². The molecule has 146 valence electrons. The highest BCUT2D eigenvalue weighted by Gasteiger charge is 2.19. The zero-order valence-corrected chi connectivity index (χ0v) is 17.4. The number of hydrogen-bond acceptors (Lipinski definition) is 3. The molecule has 6 nitrogen and oxygen atoms in total. The molecule has 9 heteroatoms. The molecule has 2 aromatic carbocycles. The summed E-state index contributed by atoms with van der Waals surface area (Å²) < 4.78 is 27.6. The number of rotatable bonds is 8. The Hall–Kier alpha value is -1.80. The number of amides is 1. The van der Waals surface area contributed by atoms with Gasteiger partial charge in [0.25, 0.3) is 15.9 Å². The number of hydrogen-bond donors (Lipinski definition) is 3. The number of carbonyl (C=O) groups excluding carboxylic acids is 1. The standard InChI is InChI=1S/C18H21Cl2N3O3S/c1-23(2)11-3-10-21-18(24)16-12-15(8-9-17(16)20)27(25,26)22-14-6-4-13(19)5-7-14/h4-9,12,22H,3,10-11H2,1-2H3,(H,21,24)/p+1. The highest BCUT2D eigenvalue weighted by molar-refractivity contribution is 7.92. The number of quaternary nitrogens is 1. The van der Waals surface area contributed by atoms with Crippen molar-refractivity contribution in [2.45, 2.75) is 11.3 Å². The molecule has 0 spiro atoms. The second-order valence-electron chi connectivity index (χ2n) is 6.32. The van der Waals surface area contributed by atoms with Gasteiger partial charge >= 0.3 is 0 Å². The van der Waals surface area contributed by atoms with Gasteiger partial charge in [0.2, 0.25) is 0 Å². The molecule has 27 heavy (non-hydrogen) atoms. The van der Waals surface area contributed by atoms with Crippen LogP contribution < -0.4 is 14.9 Å². The molecule has 0 aromatic heterocycles. The minimum atomic E-state index is -3.87. The van der Waals surface area contributed by atoms with Gasteiger partial charge in [-0.05, 0) is 42.5 Å². The molecule has 1 amide bonds. The third kappa shape index (κ3) is 6.39. The second-order valence-corrected chi connectivity index (χ2v) is 8.85. The smallest absolute Gasteiger partial charge is 0.261 e. The first-order valence-corrected chi connectivity index (χ1v) is 10.6. The maximum Gasteiger partial charge on any atom is 0.261 e. The van der Waals surface area contributed by atoms with Crippen molar-refractivity contribution < 1.29 is 18.1 Å². The van der Waals surface area contributed by atoms with Crippen LogP contribution in [0.1, 0.15) is 16.8 Å². The van der Waals surface area contributed by atoms with Gasteiger partial charge in [-0.15, -0.1) is 0 Å². The molecular formula is C18H22Cl2N3O3S+. The maximum absolute atomic E-state index is 12.6.